The van der Waals surface area contributed by atoms with Gasteiger partial charge in [-0.1, -0.05) is 72.8 Å². The first kappa shape index (κ1) is 18.5. The average molecular weight is 370 g/mol. The monoisotopic (exact) mass is 370 g/mol. The highest BCUT2D eigenvalue weighted by Gasteiger charge is 2.37. The van der Waals surface area contributed by atoms with Crippen molar-refractivity contribution < 1.29 is 4.79 Å². The van der Waals surface area contributed by atoms with E-state index in [2.05, 4.69) is 53.1 Å². The van der Waals surface area contributed by atoms with Gasteiger partial charge in [0.1, 0.15) is 0 Å². The van der Waals surface area contributed by atoms with Crippen molar-refractivity contribution in [1.29, 1.82) is 0 Å². The fraction of sp³-hybridized carbons (Fsp3) is 0.240. The molecule has 3 aromatic carbocycles. The minimum absolute atomic E-state index is 0.0243. The molecule has 142 valence electrons. The van der Waals surface area contributed by atoms with Gasteiger partial charge in [0.05, 0.1) is 0 Å². The Hall–Kier alpha value is -2.91. The molecule has 0 bridgehead atoms. The number of hydrogen-bond donors (Lipinski definition) is 2. The van der Waals surface area contributed by atoms with Crippen LogP contribution in [0.2, 0.25) is 0 Å². The molecule has 0 heterocycles. The average Bonchev–Trinajstić information content (AvgIpc) is 3.53. The van der Waals surface area contributed by atoms with Crippen LogP contribution in [0.3, 0.4) is 0 Å². The lowest BCUT2D eigenvalue weighted by Crippen LogP contribution is -2.22. The quantitative estimate of drug-likeness (QED) is 0.620. The molecule has 0 saturated heterocycles. The van der Waals surface area contributed by atoms with Crippen LogP contribution in [0, 0.1) is 0 Å². The van der Waals surface area contributed by atoms with Crippen molar-refractivity contribution >= 4 is 5.91 Å². The summed E-state index contributed by atoms with van der Waals surface area (Å²) >= 11 is 0. The van der Waals surface area contributed by atoms with Crippen molar-refractivity contribution in [3.05, 3.63) is 107 Å². The van der Waals surface area contributed by atoms with E-state index in [1.165, 1.54) is 17.5 Å². The normalized spacial score (nSPS) is 17.9. The highest BCUT2D eigenvalue weighted by atomic mass is 16.1. The van der Waals surface area contributed by atoms with Crippen molar-refractivity contribution in [2.24, 2.45) is 0 Å². The molecule has 2 atom stereocenters. The third-order valence-electron chi connectivity index (χ3n) is 5.35. The number of nitrogens with one attached hydrogen (secondary N) is 2. The Bertz CT molecular complexity index is 891. The molecular weight excluding hydrogens is 344 g/mol. The number of amides is 1. The largest absolute Gasteiger partial charge is 0.348 e. The van der Waals surface area contributed by atoms with Crippen LogP contribution >= 0.6 is 0 Å². The van der Waals surface area contributed by atoms with Crippen LogP contribution in [0.5, 0.6) is 0 Å². The summed E-state index contributed by atoms with van der Waals surface area (Å²) in [5, 5.41) is 6.63. The summed E-state index contributed by atoms with van der Waals surface area (Å²) in [6, 6.07) is 29.2. The van der Waals surface area contributed by atoms with Gasteiger partial charge >= 0.3 is 0 Å². The molecule has 28 heavy (non-hydrogen) atoms. The van der Waals surface area contributed by atoms with Crippen molar-refractivity contribution in [1.82, 2.24) is 10.6 Å². The van der Waals surface area contributed by atoms with Gasteiger partial charge in [-0.3, -0.25) is 4.79 Å². The van der Waals surface area contributed by atoms with Crippen LogP contribution in [-0.4, -0.2) is 18.5 Å². The summed E-state index contributed by atoms with van der Waals surface area (Å²) in [5.41, 5.74) is 4.51. The molecule has 3 aromatic rings. The van der Waals surface area contributed by atoms with Crippen LogP contribution < -0.4 is 10.6 Å². The molecule has 1 saturated carbocycles. The van der Waals surface area contributed by atoms with Crippen LogP contribution in [-0.2, 0) is 13.0 Å². The minimum Gasteiger partial charge on any atom is -0.348 e. The smallest absolute Gasteiger partial charge is 0.251 e. The summed E-state index contributed by atoms with van der Waals surface area (Å²) in [7, 11) is 0. The van der Waals surface area contributed by atoms with Crippen LogP contribution in [0.1, 0.15) is 39.4 Å². The van der Waals surface area contributed by atoms with Crippen LogP contribution in [0.4, 0.5) is 0 Å². The lowest BCUT2D eigenvalue weighted by Gasteiger charge is -2.07. The topological polar surface area (TPSA) is 41.1 Å². The highest BCUT2D eigenvalue weighted by Crippen LogP contribution is 2.40. The Kier molecular flexibility index (Phi) is 5.83. The van der Waals surface area contributed by atoms with Crippen molar-refractivity contribution in [2.75, 3.05) is 6.54 Å². The second-order valence-corrected chi connectivity index (χ2v) is 7.43. The lowest BCUT2D eigenvalue weighted by molar-refractivity contribution is 0.0951. The number of rotatable bonds is 8. The fourth-order valence-electron chi connectivity index (χ4n) is 3.60. The summed E-state index contributed by atoms with van der Waals surface area (Å²) in [6.45, 7) is 1.56. The van der Waals surface area contributed by atoms with Crippen LogP contribution in [0.15, 0.2) is 84.9 Å². The molecule has 2 unspecified atom stereocenters. The maximum absolute atomic E-state index is 12.3. The van der Waals surface area contributed by atoms with Crippen LogP contribution in [0.25, 0.3) is 0 Å². The van der Waals surface area contributed by atoms with Gasteiger partial charge in [0.2, 0.25) is 0 Å². The zero-order chi connectivity index (χ0) is 19.2. The predicted molar refractivity (Wildman–Crippen MR) is 113 cm³/mol. The Morgan fingerprint density at radius 3 is 2.14 bits per heavy atom. The lowest BCUT2D eigenvalue weighted by atomic mass is 10.1. The molecule has 2 N–H and O–H groups in total. The van der Waals surface area contributed by atoms with E-state index in [9.17, 15) is 4.79 Å². The molecular formula is C25H26N2O. The molecule has 0 radical (unpaired) electrons. The zero-order valence-electron chi connectivity index (χ0n) is 16.0. The molecule has 0 spiro atoms. The predicted octanol–water partition coefficient (Wildman–Crippen LogP) is 4.30. The van der Waals surface area contributed by atoms with Gasteiger partial charge in [-0.05, 0) is 48.2 Å². The second-order valence-electron chi connectivity index (χ2n) is 7.43. The Balaban J connectivity index is 1.23. The first-order valence-electron chi connectivity index (χ1n) is 9.99. The van der Waals surface area contributed by atoms with Gasteiger partial charge in [-0.15, -0.1) is 0 Å². The summed E-state index contributed by atoms with van der Waals surface area (Å²) in [4.78, 5) is 12.3. The Morgan fingerprint density at radius 1 is 0.821 bits per heavy atom. The van der Waals surface area contributed by atoms with E-state index in [4.69, 9.17) is 0 Å². The molecule has 1 aliphatic carbocycles. The molecule has 0 aromatic heterocycles. The summed E-state index contributed by atoms with van der Waals surface area (Å²) in [6.07, 6.45) is 2.24. The van der Waals surface area contributed by atoms with E-state index < -0.39 is 0 Å². The maximum atomic E-state index is 12.3. The minimum atomic E-state index is -0.0243. The van der Waals surface area contributed by atoms with Crippen molar-refractivity contribution in [3.8, 4) is 0 Å². The van der Waals surface area contributed by atoms with Gasteiger partial charge < -0.3 is 10.6 Å². The molecule has 0 aliphatic heterocycles. The molecule has 1 fully saturated rings. The van der Waals surface area contributed by atoms with E-state index in [0.29, 0.717) is 24.1 Å². The standard InChI is InChI=1S/C25H26N2O/c28-25(27-18-20-9-5-2-6-10-20)22-13-11-21(12-14-22)23-17-24(23)26-16-15-19-7-3-1-4-8-19/h1-14,23-24,26H,15-18H2,(H,27,28). The maximum Gasteiger partial charge on any atom is 0.251 e. The Morgan fingerprint density at radius 2 is 1.46 bits per heavy atom. The van der Waals surface area contributed by atoms with E-state index in [1.807, 2.05) is 42.5 Å². The van der Waals surface area contributed by atoms with Gasteiger partial charge in [-0.2, -0.15) is 0 Å². The zero-order valence-corrected chi connectivity index (χ0v) is 16.0. The SMILES string of the molecule is O=C(NCc1ccccc1)c1ccc(C2CC2NCCc2ccccc2)cc1. The van der Waals surface area contributed by atoms with Gasteiger partial charge in [0.25, 0.3) is 5.91 Å². The molecule has 1 aliphatic rings. The highest BCUT2D eigenvalue weighted by molar-refractivity contribution is 5.94. The number of carbonyl (C=O) groups is 1. The van der Waals surface area contributed by atoms with Gasteiger partial charge in [-0.25, -0.2) is 0 Å². The number of carbonyl (C=O) groups excluding carboxylic acids is 1. The van der Waals surface area contributed by atoms with E-state index >= 15 is 0 Å². The molecule has 4 rings (SSSR count). The summed E-state index contributed by atoms with van der Waals surface area (Å²) in [5.74, 6) is 0.543. The van der Waals surface area contributed by atoms with E-state index in [-0.39, 0.29) is 5.91 Å². The first-order chi connectivity index (χ1) is 13.8. The molecule has 3 nitrogen and oxygen atoms in total. The second kappa shape index (κ2) is 8.85. The first-order valence-corrected chi connectivity index (χ1v) is 9.99. The molecule has 3 heteroatoms. The fourth-order valence-corrected chi connectivity index (χ4v) is 3.60. The van der Waals surface area contributed by atoms with Crippen molar-refractivity contribution in [3.63, 3.8) is 0 Å². The Labute approximate surface area is 166 Å². The van der Waals surface area contributed by atoms with E-state index in [0.717, 1.165) is 18.5 Å². The third kappa shape index (κ3) is 4.87. The summed E-state index contributed by atoms with van der Waals surface area (Å²) < 4.78 is 0. The van der Waals surface area contributed by atoms with Gasteiger partial charge in [0, 0.05) is 24.1 Å². The number of hydrogen-bond acceptors (Lipinski definition) is 2. The van der Waals surface area contributed by atoms with Crippen molar-refractivity contribution in [2.45, 2.75) is 31.3 Å². The third-order valence-corrected chi connectivity index (χ3v) is 5.35. The molecule has 1 amide bonds. The number of benzene rings is 3. The van der Waals surface area contributed by atoms with E-state index in [1.54, 1.807) is 0 Å². The van der Waals surface area contributed by atoms with Gasteiger partial charge in [0.15, 0.2) is 0 Å².